The van der Waals surface area contributed by atoms with Gasteiger partial charge in [-0.3, -0.25) is 19.3 Å². The third-order valence-electron chi connectivity index (χ3n) is 4.09. The van der Waals surface area contributed by atoms with Crippen molar-refractivity contribution in [2.45, 2.75) is 0 Å². The summed E-state index contributed by atoms with van der Waals surface area (Å²) in [5, 5.41) is 0. The van der Waals surface area contributed by atoms with E-state index in [1.165, 1.54) is 18.2 Å². The van der Waals surface area contributed by atoms with Crippen molar-refractivity contribution in [1.82, 2.24) is 14.7 Å². The van der Waals surface area contributed by atoms with E-state index in [2.05, 4.69) is 4.99 Å². The van der Waals surface area contributed by atoms with Gasteiger partial charge in [0.05, 0.1) is 6.26 Å². The van der Waals surface area contributed by atoms with Gasteiger partial charge in [-0.15, -0.1) is 0 Å². The van der Waals surface area contributed by atoms with Crippen molar-refractivity contribution in [3.8, 4) is 0 Å². The highest BCUT2D eigenvalue weighted by atomic mass is 16.3. The first-order chi connectivity index (χ1) is 11.5. The molecule has 2 aliphatic heterocycles. The molecule has 2 aliphatic rings. The molecule has 0 saturated carbocycles. The molecule has 1 saturated heterocycles. The number of nitrogens with zero attached hydrogens (tertiary/aromatic N) is 4. The number of urea groups is 1. The molecule has 0 aromatic carbocycles. The van der Waals surface area contributed by atoms with Crippen LogP contribution in [0.1, 0.15) is 10.6 Å². The molecule has 0 radical (unpaired) electrons. The Hall–Kier alpha value is -2.97. The van der Waals surface area contributed by atoms with E-state index in [1.807, 2.05) is 0 Å². The molecule has 0 bridgehead atoms. The summed E-state index contributed by atoms with van der Waals surface area (Å²) in [4.78, 5) is 55.5. The Morgan fingerprint density at radius 1 is 1.17 bits per heavy atom. The predicted molar refractivity (Wildman–Crippen MR) is 81.3 cm³/mol. The van der Waals surface area contributed by atoms with Gasteiger partial charge in [0.25, 0.3) is 5.91 Å². The number of carbonyl (C=O) groups is 4. The third kappa shape index (κ3) is 2.80. The van der Waals surface area contributed by atoms with E-state index < -0.39 is 23.8 Å². The van der Waals surface area contributed by atoms with Gasteiger partial charge in [0.1, 0.15) is 0 Å². The van der Waals surface area contributed by atoms with Gasteiger partial charge in [-0.2, -0.15) is 0 Å². The SMILES string of the molecule is CN1C(=O)N=CC(C(=O)N2CCN(C(=O)c3ccco3)CC2)C1=O. The van der Waals surface area contributed by atoms with Crippen molar-refractivity contribution >= 4 is 30.0 Å². The first-order valence-corrected chi connectivity index (χ1v) is 7.46. The van der Waals surface area contributed by atoms with Crippen LogP contribution >= 0.6 is 0 Å². The molecular weight excluding hydrogens is 316 g/mol. The Labute approximate surface area is 137 Å². The number of furan rings is 1. The number of rotatable bonds is 2. The number of piperazine rings is 1. The van der Waals surface area contributed by atoms with Gasteiger partial charge in [0.15, 0.2) is 11.7 Å². The lowest BCUT2D eigenvalue weighted by atomic mass is 10.1. The van der Waals surface area contributed by atoms with E-state index in [9.17, 15) is 19.2 Å². The molecule has 0 spiro atoms. The van der Waals surface area contributed by atoms with Crippen LogP contribution in [0.25, 0.3) is 0 Å². The van der Waals surface area contributed by atoms with E-state index in [0.717, 1.165) is 11.1 Å². The fourth-order valence-corrected chi connectivity index (χ4v) is 2.64. The van der Waals surface area contributed by atoms with Gasteiger partial charge in [-0.25, -0.2) is 9.79 Å². The van der Waals surface area contributed by atoms with Crippen LogP contribution in [0.3, 0.4) is 0 Å². The van der Waals surface area contributed by atoms with E-state index in [4.69, 9.17) is 4.42 Å². The largest absolute Gasteiger partial charge is 0.459 e. The minimum Gasteiger partial charge on any atom is -0.459 e. The molecule has 3 rings (SSSR count). The van der Waals surface area contributed by atoms with Crippen LogP contribution in [-0.4, -0.2) is 77.9 Å². The van der Waals surface area contributed by atoms with E-state index in [0.29, 0.717) is 26.2 Å². The van der Waals surface area contributed by atoms with E-state index in [-0.39, 0.29) is 11.7 Å². The summed E-state index contributed by atoms with van der Waals surface area (Å²) < 4.78 is 5.08. The van der Waals surface area contributed by atoms with Crippen LogP contribution in [0.5, 0.6) is 0 Å². The second kappa shape index (κ2) is 6.26. The van der Waals surface area contributed by atoms with E-state index in [1.54, 1.807) is 17.0 Å². The highest BCUT2D eigenvalue weighted by Crippen LogP contribution is 2.14. The number of aliphatic imine (C=N–C) groups is 1. The highest BCUT2D eigenvalue weighted by molar-refractivity contribution is 6.20. The zero-order chi connectivity index (χ0) is 17.3. The van der Waals surface area contributed by atoms with Crippen molar-refractivity contribution in [1.29, 1.82) is 0 Å². The lowest BCUT2D eigenvalue weighted by molar-refractivity contribution is -0.142. The Kier molecular flexibility index (Phi) is 4.15. The molecule has 24 heavy (non-hydrogen) atoms. The number of imide groups is 1. The van der Waals surface area contributed by atoms with Crippen LogP contribution in [0.15, 0.2) is 27.8 Å². The van der Waals surface area contributed by atoms with Gasteiger partial charge in [-0.05, 0) is 12.1 Å². The quantitative estimate of drug-likeness (QED) is 0.700. The first-order valence-electron chi connectivity index (χ1n) is 7.46. The van der Waals surface area contributed by atoms with Crippen LogP contribution in [0.2, 0.25) is 0 Å². The summed E-state index contributed by atoms with van der Waals surface area (Å²) in [6, 6.07) is 2.54. The van der Waals surface area contributed by atoms with E-state index >= 15 is 0 Å². The van der Waals surface area contributed by atoms with Gasteiger partial charge in [0, 0.05) is 39.4 Å². The summed E-state index contributed by atoms with van der Waals surface area (Å²) in [5.41, 5.74) is 0. The molecule has 3 heterocycles. The average molecular weight is 332 g/mol. The lowest BCUT2D eigenvalue weighted by Gasteiger charge is -2.36. The zero-order valence-electron chi connectivity index (χ0n) is 13.0. The van der Waals surface area contributed by atoms with Crippen molar-refractivity contribution in [2.75, 3.05) is 33.2 Å². The van der Waals surface area contributed by atoms with Crippen molar-refractivity contribution in [2.24, 2.45) is 10.9 Å². The third-order valence-corrected chi connectivity index (χ3v) is 4.09. The maximum Gasteiger partial charge on any atom is 0.349 e. The minimum absolute atomic E-state index is 0.229. The number of amides is 5. The number of hydrogen-bond acceptors (Lipinski definition) is 5. The van der Waals surface area contributed by atoms with Crippen LogP contribution in [0, 0.1) is 5.92 Å². The second-order valence-corrected chi connectivity index (χ2v) is 5.53. The average Bonchev–Trinajstić information content (AvgIpc) is 3.13. The smallest absolute Gasteiger partial charge is 0.349 e. The molecule has 9 nitrogen and oxygen atoms in total. The molecule has 0 aliphatic carbocycles. The zero-order valence-corrected chi connectivity index (χ0v) is 13.0. The normalized spacial score (nSPS) is 21.4. The molecule has 9 heteroatoms. The number of hydrogen-bond donors (Lipinski definition) is 0. The number of carbonyl (C=O) groups excluding carboxylic acids is 4. The second-order valence-electron chi connectivity index (χ2n) is 5.53. The summed E-state index contributed by atoms with van der Waals surface area (Å²) in [6.07, 6.45) is 2.52. The first kappa shape index (κ1) is 15.9. The lowest BCUT2D eigenvalue weighted by Crippen LogP contribution is -2.55. The Bertz CT molecular complexity index is 703. The molecule has 1 fully saturated rings. The van der Waals surface area contributed by atoms with Gasteiger partial charge in [0.2, 0.25) is 11.8 Å². The van der Waals surface area contributed by atoms with Gasteiger partial charge < -0.3 is 14.2 Å². The monoisotopic (exact) mass is 332 g/mol. The molecule has 126 valence electrons. The summed E-state index contributed by atoms with van der Waals surface area (Å²) >= 11 is 0. The van der Waals surface area contributed by atoms with Crippen molar-refractivity contribution < 1.29 is 23.6 Å². The summed E-state index contributed by atoms with van der Waals surface area (Å²) in [7, 11) is 1.29. The standard InChI is InChI=1S/C15H16N4O5/c1-17-12(20)10(9-16-15(17)23)13(21)18-4-6-19(7-5-18)14(22)11-3-2-8-24-11/h2-3,8-10H,4-7H2,1H3. The predicted octanol–water partition coefficient (Wildman–Crippen LogP) is -0.157. The maximum atomic E-state index is 12.5. The van der Waals surface area contributed by atoms with Gasteiger partial charge >= 0.3 is 6.03 Å². The topological polar surface area (TPSA) is 104 Å². The Morgan fingerprint density at radius 2 is 1.83 bits per heavy atom. The summed E-state index contributed by atoms with van der Waals surface area (Å²) in [5.74, 6) is -2.06. The minimum atomic E-state index is -1.08. The molecule has 1 unspecified atom stereocenters. The van der Waals surface area contributed by atoms with Crippen molar-refractivity contribution in [3.05, 3.63) is 24.2 Å². The van der Waals surface area contributed by atoms with Crippen LogP contribution in [0.4, 0.5) is 4.79 Å². The molecule has 1 atom stereocenters. The molecule has 5 amide bonds. The van der Waals surface area contributed by atoms with Crippen molar-refractivity contribution in [3.63, 3.8) is 0 Å². The summed E-state index contributed by atoms with van der Waals surface area (Å²) in [6.45, 7) is 1.30. The molecule has 1 aromatic heterocycles. The highest BCUT2D eigenvalue weighted by Gasteiger charge is 2.38. The fraction of sp³-hybridized carbons (Fsp3) is 0.400. The molecule has 1 aromatic rings. The Balaban J connectivity index is 1.61. The Morgan fingerprint density at radius 3 is 2.46 bits per heavy atom. The van der Waals surface area contributed by atoms with Crippen LogP contribution in [-0.2, 0) is 9.59 Å². The fourth-order valence-electron chi connectivity index (χ4n) is 2.64. The molecule has 0 N–H and O–H groups in total. The van der Waals surface area contributed by atoms with Gasteiger partial charge in [-0.1, -0.05) is 0 Å². The molecular formula is C15H16N4O5. The van der Waals surface area contributed by atoms with Crippen LogP contribution < -0.4 is 0 Å². The maximum absolute atomic E-state index is 12.5.